The second-order valence-corrected chi connectivity index (χ2v) is 12.0. The average Bonchev–Trinajstić information content (AvgIpc) is 2.89. The molecule has 40 heavy (non-hydrogen) atoms. The predicted molar refractivity (Wildman–Crippen MR) is 148 cm³/mol. The van der Waals surface area contributed by atoms with E-state index in [-0.39, 0.29) is 28.8 Å². The fraction of sp³-hybridized carbons (Fsp3) is 0.667. The van der Waals surface area contributed by atoms with E-state index >= 15 is 4.39 Å². The molecule has 1 saturated heterocycles. The van der Waals surface area contributed by atoms with Crippen LogP contribution in [0.2, 0.25) is 0 Å². The maximum atomic E-state index is 15.8. The number of hydrogen-bond acceptors (Lipinski definition) is 6. The lowest BCUT2D eigenvalue weighted by Gasteiger charge is -2.35. The van der Waals surface area contributed by atoms with Crippen LogP contribution in [0.5, 0.6) is 0 Å². The number of ether oxygens (including phenoxy) is 2. The zero-order valence-corrected chi connectivity index (χ0v) is 23.9. The van der Waals surface area contributed by atoms with Crippen LogP contribution in [0.4, 0.5) is 23.4 Å². The number of anilines is 1. The van der Waals surface area contributed by atoms with Crippen LogP contribution in [-0.4, -0.2) is 54.5 Å². The Morgan fingerprint density at radius 3 is 2.52 bits per heavy atom. The number of methoxy groups -OCH3 is 1. The SMILES string of the molecule is COC[C@@H](C)NC1CCC(Cc2nccc(-c3nc(NCC4CCOC(C)(C)C4)ccc3C(F)(F)F)c2F)CC1. The van der Waals surface area contributed by atoms with Gasteiger partial charge in [0.25, 0.3) is 0 Å². The Morgan fingerprint density at radius 1 is 1.10 bits per heavy atom. The normalized spacial score (nSPS) is 24.1. The molecule has 2 aromatic rings. The molecule has 1 aliphatic heterocycles. The monoisotopic (exact) mass is 566 g/mol. The maximum Gasteiger partial charge on any atom is 0.418 e. The molecule has 0 aromatic carbocycles. The van der Waals surface area contributed by atoms with Crippen LogP contribution in [0.3, 0.4) is 0 Å². The highest BCUT2D eigenvalue weighted by Crippen LogP contribution is 2.39. The van der Waals surface area contributed by atoms with Gasteiger partial charge in [-0.1, -0.05) is 0 Å². The minimum absolute atomic E-state index is 0.170. The molecule has 10 heteroatoms. The van der Waals surface area contributed by atoms with E-state index in [1.807, 2.05) is 13.8 Å². The Labute approximate surface area is 234 Å². The van der Waals surface area contributed by atoms with Crippen molar-refractivity contribution in [3.8, 4) is 11.3 Å². The zero-order valence-electron chi connectivity index (χ0n) is 23.9. The summed E-state index contributed by atoms with van der Waals surface area (Å²) in [7, 11) is 1.68. The molecule has 3 heterocycles. The number of nitrogens with zero attached hydrogens (tertiary/aromatic N) is 2. The largest absolute Gasteiger partial charge is 0.418 e. The van der Waals surface area contributed by atoms with Gasteiger partial charge in [0.15, 0.2) is 5.82 Å². The third kappa shape index (κ3) is 8.13. The molecular formula is C30H42F4N4O2. The van der Waals surface area contributed by atoms with E-state index in [2.05, 4.69) is 27.5 Å². The molecule has 1 saturated carbocycles. The van der Waals surface area contributed by atoms with Crippen LogP contribution >= 0.6 is 0 Å². The van der Waals surface area contributed by atoms with E-state index in [0.29, 0.717) is 44.0 Å². The van der Waals surface area contributed by atoms with Crippen molar-refractivity contribution in [2.75, 3.05) is 32.2 Å². The van der Waals surface area contributed by atoms with Crippen molar-refractivity contribution in [3.63, 3.8) is 0 Å². The van der Waals surface area contributed by atoms with Gasteiger partial charge >= 0.3 is 6.18 Å². The molecule has 6 nitrogen and oxygen atoms in total. The van der Waals surface area contributed by atoms with E-state index in [0.717, 1.165) is 44.6 Å². The van der Waals surface area contributed by atoms with E-state index in [1.165, 1.54) is 18.3 Å². The van der Waals surface area contributed by atoms with Crippen LogP contribution in [0.15, 0.2) is 24.4 Å². The van der Waals surface area contributed by atoms with Crippen molar-refractivity contribution in [1.29, 1.82) is 0 Å². The first-order chi connectivity index (χ1) is 18.9. The summed E-state index contributed by atoms with van der Waals surface area (Å²) in [5, 5.41) is 6.75. The molecule has 0 bridgehead atoms. The summed E-state index contributed by atoms with van der Waals surface area (Å²) in [5.41, 5.74) is -1.58. The summed E-state index contributed by atoms with van der Waals surface area (Å²) >= 11 is 0. The molecule has 2 fully saturated rings. The summed E-state index contributed by atoms with van der Waals surface area (Å²) in [6.45, 7) is 7.98. The molecule has 0 radical (unpaired) electrons. The molecule has 222 valence electrons. The number of nitrogens with one attached hydrogen (secondary N) is 2. The van der Waals surface area contributed by atoms with Crippen LogP contribution in [0, 0.1) is 17.7 Å². The van der Waals surface area contributed by atoms with Gasteiger partial charge in [0, 0.05) is 44.1 Å². The van der Waals surface area contributed by atoms with Gasteiger partial charge in [-0.3, -0.25) is 4.98 Å². The third-order valence-electron chi connectivity index (χ3n) is 8.05. The highest BCUT2D eigenvalue weighted by Gasteiger charge is 2.36. The lowest BCUT2D eigenvalue weighted by atomic mass is 9.83. The molecule has 1 aliphatic carbocycles. The second kappa shape index (κ2) is 13.1. The average molecular weight is 567 g/mol. The van der Waals surface area contributed by atoms with Gasteiger partial charge in [0.05, 0.1) is 29.2 Å². The molecule has 4 rings (SSSR count). The van der Waals surface area contributed by atoms with Gasteiger partial charge in [-0.2, -0.15) is 13.2 Å². The Balaban J connectivity index is 1.49. The van der Waals surface area contributed by atoms with Crippen molar-refractivity contribution in [2.45, 2.75) is 89.6 Å². The fourth-order valence-electron chi connectivity index (χ4n) is 6.09. The van der Waals surface area contributed by atoms with Gasteiger partial charge in [-0.25, -0.2) is 9.37 Å². The lowest BCUT2D eigenvalue weighted by Crippen LogP contribution is -2.41. The molecule has 0 spiro atoms. The summed E-state index contributed by atoms with van der Waals surface area (Å²) in [4.78, 5) is 8.51. The summed E-state index contributed by atoms with van der Waals surface area (Å²) in [5.74, 6) is 0.0882. The van der Waals surface area contributed by atoms with Gasteiger partial charge in [0.2, 0.25) is 0 Å². The molecule has 2 aromatic heterocycles. The molecule has 2 atom stereocenters. The van der Waals surface area contributed by atoms with Crippen LogP contribution in [0.1, 0.15) is 70.6 Å². The molecule has 2 aliphatic rings. The smallest absolute Gasteiger partial charge is 0.383 e. The fourth-order valence-corrected chi connectivity index (χ4v) is 6.09. The van der Waals surface area contributed by atoms with E-state index in [9.17, 15) is 13.2 Å². The molecule has 0 amide bonds. The van der Waals surface area contributed by atoms with Crippen molar-refractivity contribution in [2.24, 2.45) is 11.8 Å². The van der Waals surface area contributed by atoms with Crippen molar-refractivity contribution < 1.29 is 27.0 Å². The number of alkyl halides is 3. The van der Waals surface area contributed by atoms with Crippen molar-refractivity contribution >= 4 is 5.82 Å². The summed E-state index contributed by atoms with van der Waals surface area (Å²) in [6.07, 6.45) is 2.51. The minimum atomic E-state index is -4.67. The Bertz CT molecular complexity index is 1120. The van der Waals surface area contributed by atoms with E-state index in [1.54, 1.807) is 7.11 Å². The lowest BCUT2D eigenvalue weighted by molar-refractivity contribution is -0.137. The van der Waals surface area contributed by atoms with Crippen LogP contribution < -0.4 is 10.6 Å². The first-order valence-electron chi connectivity index (χ1n) is 14.3. The summed E-state index contributed by atoms with van der Waals surface area (Å²) in [6, 6.07) is 4.23. The Kier molecular flexibility index (Phi) is 10.1. The van der Waals surface area contributed by atoms with Gasteiger partial charge in [-0.05, 0) is 95.8 Å². The highest BCUT2D eigenvalue weighted by atomic mass is 19.4. The first kappa shape index (κ1) is 30.7. The third-order valence-corrected chi connectivity index (χ3v) is 8.05. The predicted octanol–water partition coefficient (Wildman–Crippen LogP) is 6.64. The topological polar surface area (TPSA) is 68.3 Å². The van der Waals surface area contributed by atoms with Crippen molar-refractivity contribution in [1.82, 2.24) is 15.3 Å². The number of hydrogen-bond donors (Lipinski definition) is 2. The van der Waals surface area contributed by atoms with Gasteiger partial charge in [0.1, 0.15) is 5.82 Å². The second-order valence-electron chi connectivity index (χ2n) is 12.0. The molecule has 1 unspecified atom stereocenters. The summed E-state index contributed by atoms with van der Waals surface area (Å²) < 4.78 is 68.7. The Hall–Kier alpha value is -2.30. The molecular weight excluding hydrogens is 524 g/mol. The molecule has 2 N–H and O–H groups in total. The first-order valence-corrected chi connectivity index (χ1v) is 14.3. The number of halogens is 4. The van der Waals surface area contributed by atoms with Crippen molar-refractivity contribution in [3.05, 3.63) is 41.5 Å². The number of aromatic nitrogens is 2. The van der Waals surface area contributed by atoms with Gasteiger partial charge in [-0.15, -0.1) is 0 Å². The number of pyridine rings is 2. The van der Waals surface area contributed by atoms with Crippen LogP contribution in [0.25, 0.3) is 11.3 Å². The highest BCUT2D eigenvalue weighted by molar-refractivity contribution is 5.67. The maximum absolute atomic E-state index is 15.8. The van der Waals surface area contributed by atoms with Gasteiger partial charge < -0.3 is 20.1 Å². The Morgan fingerprint density at radius 2 is 1.85 bits per heavy atom. The van der Waals surface area contributed by atoms with Crippen LogP contribution in [-0.2, 0) is 22.1 Å². The van der Waals surface area contributed by atoms with E-state index < -0.39 is 23.3 Å². The van der Waals surface area contributed by atoms with E-state index in [4.69, 9.17) is 9.47 Å². The minimum Gasteiger partial charge on any atom is -0.383 e. The quantitative estimate of drug-likeness (QED) is 0.314. The number of rotatable bonds is 10. The standard InChI is InChI=1S/C30H42F4N4O2/c1-19(18-39-4)37-22-7-5-20(6-8-22)15-25-27(31)23(11-13-35-25)28-24(30(32,33)34)9-10-26(38-28)36-17-21-12-14-40-29(2,3)16-21/h9-11,13,19-22,37H,5-8,12,14-18H2,1-4H3,(H,36,38)/t19-,20?,21?,22?/m1/s1. The zero-order chi connectivity index (χ0) is 28.9.